The number of aromatic nitrogens is 2. The monoisotopic (exact) mass is 549 g/mol. The highest BCUT2D eigenvalue weighted by molar-refractivity contribution is 14.0. The molecule has 0 amide bonds. The van der Waals surface area contributed by atoms with Crippen molar-refractivity contribution < 1.29 is 4.52 Å². The molecule has 0 unspecified atom stereocenters. The fourth-order valence-electron chi connectivity index (χ4n) is 3.49. The summed E-state index contributed by atoms with van der Waals surface area (Å²) in [5.41, 5.74) is 3.53. The minimum absolute atomic E-state index is 0. The number of aliphatic imine (C=N–C) groups is 1. The summed E-state index contributed by atoms with van der Waals surface area (Å²) in [7, 11) is 1.81. The van der Waals surface area contributed by atoms with Gasteiger partial charge in [0.25, 0.3) is 0 Å². The molecule has 1 aromatic heterocycles. The largest absolute Gasteiger partial charge is 0.356 e. The first-order chi connectivity index (χ1) is 14.7. The molecule has 0 saturated heterocycles. The zero-order valence-electron chi connectivity index (χ0n) is 17.3. The highest BCUT2D eigenvalue weighted by Crippen LogP contribution is 2.22. The van der Waals surface area contributed by atoms with E-state index in [0.717, 1.165) is 31.0 Å². The van der Waals surface area contributed by atoms with Crippen LogP contribution in [0.1, 0.15) is 17.9 Å². The normalized spacial score (nSPS) is 14.1. The lowest BCUT2D eigenvalue weighted by atomic mass is 10.00. The second-order valence-electron chi connectivity index (χ2n) is 7.04. The predicted octanol–water partition coefficient (Wildman–Crippen LogP) is 4.92. The van der Waals surface area contributed by atoms with Crippen LogP contribution in [0.2, 0.25) is 5.02 Å². The van der Waals surface area contributed by atoms with E-state index in [-0.39, 0.29) is 24.0 Å². The number of hydrogen-bond acceptors (Lipinski definition) is 4. The number of hydrogen-bond donors (Lipinski definition) is 1. The van der Waals surface area contributed by atoms with Crippen LogP contribution in [0.25, 0.3) is 17.0 Å². The van der Waals surface area contributed by atoms with Crippen LogP contribution in [0, 0.1) is 0 Å². The summed E-state index contributed by atoms with van der Waals surface area (Å²) < 4.78 is 5.38. The Hall–Kier alpha value is -2.39. The minimum Gasteiger partial charge on any atom is -0.356 e. The summed E-state index contributed by atoms with van der Waals surface area (Å²) in [5, 5.41) is 8.10. The molecule has 0 radical (unpaired) electrons. The topological polar surface area (TPSA) is 66.5 Å². The maximum atomic E-state index is 6.04. The van der Waals surface area contributed by atoms with Gasteiger partial charge in [0.15, 0.2) is 5.96 Å². The fourth-order valence-corrected chi connectivity index (χ4v) is 3.68. The quantitative estimate of drug-likeness (QED) is 0.278. The van der Waals surface area contributed by atoms with Gasteiger partial charge in [-0.1, -0.05) is 65.3 Å². The van der Waals surface area contributed by atoms with Crippen molar-refractivity contribution in [1.29, 1.82) is 0 Å². The lowest BCUT2D eigenvalue weighted by Gasteiger charge is -2.29. The standard InChI is InChI=1S/C23H24ClN5O.HI/c1-25-23(29-14-11-18(12-15-29)17-6-3-2-4-7-17)26-13-10-21-27-22(28-30-21)19-8-5-9-20(24)16-19;/h2-9,11,16H,10,12-15H2,1H3,(H,25,26);1H. The maximum absolute atomic E-state index is 6.04. The first-order valence-electron chi connectivity index (χ1n) is 10.0. The van der Waals surface area contributed by atoms with Crippen molar-refractivity contribution in [1.82, 2.24) is 20.4 Å². The van der Waals surface area contributed by atoms with Crippen molar-refractivity contribution in [3.05, 3.63) is 77.2 Å². The van der Waals surface area contributed by atoms with E-state index in [1.54, 1.807) is 0 Å². The molecule has 1 aliphatic rings. The number of nitrogens with zero attached hydrogens (tertiary/aromatic N) is 4. The van der Waals surface area contributed by atoms with E-state index >= 15 is 0 Å². The van der Waals surface area contributed by atoms with Gasteiger partial charge in [0, 0.05) is 43.7 Å². The summed E-state index contributed by atoms with van der Waals surface area (Å²) >= 11 is 6.04. The average molecular weight is 550 g/mol. The van der Waals surface area contributed by atoms with Gasteiger partial charge in [0.1, 0.15) is 0 Å². The van der Waals surface area contributed by atoms with Crippen LogP contribution in [-0.4, -0.2) is 47.7 Å². The van der Waals surface area contributed by atoms with Gasteiger partial charge in [-0.15, -0.1) is 24.0 Å². The SMILES string of the molecule is CN=C(NCCc1nc(-c2cccc(Cl)c2)no1)N1CC=C(c2ccccc2)CC1.I. The fraction of sp³-hybridized carbons (Fsp3) is 0.261. The van der Waals surface area contributed by atoms with Gasteiger partial charge >= 0.3 is 0 Å². The molecular weight excluding hydrogens is 525 g/mol. The van der Waals surface area contributed by atoms with Gasteiger partial charge in [0.05, 0.1) is 0 Å². The summed E-state index contributed by atoms with van der Waals surface area (Å²) in [4.78, 5) is 11.1. The van der Waals surface area contributed by atoms with E-state index < -0.39 is 0 Å². The Balaban J connectivity index is 0.00000272. The number of guanidine groups is 1. The summed E-state index contributed by atoms with van der Waals surface area (Å²) in [6.45, 7) is 2.43. The molecule has 3 aromatic rings. The molecule has 2 aromatic carbocycles. The molecule has 4 rings (SSSR count). The Bertz CT molecular complexity index is 1050. The van der Waals surface area contributed by atoms with E-state index in [2.05, 4.69) is 55.7 Å². The molecular formula is C23H25ClIN5O. The molecule has 31 heavy (non-hydrogen) atoms. The molecule has 162 valence electrons. The molecule has 0 saturated carbocycles. The Morgan fingerprint density at radius 1 is 1.16 bits per heavy atom. The Labute approximate surface area is 204 Å². The Kier molecular flexibility index (Phi) is 8.48. The van der Waals surface area contributed by atoms with Gasteiger partial charge in [-0.05, 0) is 29.7 Å². The van der Waals surface area contributed by atoms with Crippen molar-refractivity contribution in [2.45, 2.75) is 12.8 Å². The summed E-state index contributed by atoms with van der Waals surface area (Å²) in [5.74, 6) is 2.01. The number of halogens is 2. The lowest BCUT2D eigenvalue weighted by Crippen LogP contribution is -2.44. The zero-order valence-corrected chi connectivity index (χ0v) is 20.4. The van der Waals surface area contributed by atoms with E-state index in [9.17, 15) is 0 Å². The van der Waals surface area contributed by atoms with Crippen molar-refractivity contribution in [3.63, 3.8) is 0 Å². The highest BCUT2D eigenvalue weighted by Gasteiger charge is 2.16. The Morgan fingerprint density at radius 3 is 2.68 bits per heavy atom. The smallest absolute Gasteiger partial charge is 0.228 e. The van der Waals surface area contributed by atoms with Crippen LogP contribution < -0.4 is 5.32 Å². The van der Waals surface area contributed by atoms with Crippen LogP contribution >= 0.6 is 35.6 Å². The van der Waals surface area contributed by atoms with Crippen LogP contribution in [0.4, 0.5) is 0 Å². The van der Waals surface area contributed by atoms with E-state index in [4.69, 9.17) is 16.1 Å². The first-order valence-corrected chi connectivity index (χ1v) is 10.4. The minimum atomic E-state index is 0. The third-order valence-electron chi connectivity index (χ3n) is 5.04. The second-order valence-corrected chi connectivity index (χ2v) is 7.47. The molecule has 0 fully saturated rings. The Morgan fingerprint density at radius 2 is 1.97 bits per heavy atom. The molecule has 0 aliphatic carbocycles. The average Bonchev–Trinajstić information content (AvgIpc) is 3.27. The molecule has 2 heterocycles. The van der Waals surface area contributed by atoms with E-state index in [0.29, 0.717) is 29.7 Å². The van der Waals surface area contributed by atoms with E-state index in [1.165, 1.54) is 11.1 Å². The molecule has 6 nitrogen and oxygen atoms in total. The molecule has 0 atom stereocenters. The number of benzene rings is 2. The molecule has 1 aliphatic heterocycles. The van der Waals surface area contributed by atoms with Crippen molar-refractivity contribution in [2.75, 3.05) is 26.7 Å². The molecule has 0 spiro atoms. The highest BCUT2D eigenvalue weighted by atomic mass is 127. The summed E-state index contributed by atoms with van der Waals surface area (Å²) in [6.07, 6.45) is 3.89. The predicted molar refractivity (Wildman–Crippen MR) is 136 cm³/mol. The molecule has 1 N–H and O–H groups in total. The third kappa shape index (κ3) is 6.07. The first kappa shape index (κ1) is 23.3. The number of nitrogens with one attached hydrogen (secondary N) is 1. The number of rotatable bonds is 5. The van der Waals surface area contributed by atoms with Gasteiger partial charge in [0.2, 0.25) is 11.7 Å². The van der Waals surface area contributed by atoms with Crippen LogP contribution in [-0.2, 0) is 6.42 Å². The molecule has 0 bridgehead atoms. The third-order valence-corrected chi connectivity index (χ3v) is 5.27. The van der Waals surface area contributed by atoms with Gasteiger partial charge in [-0.2, -0.15) is 4.98 Å². The lowest BCUT2D eigenvalue weighted by molar-refractivity contribution is 0.377. The van der Waals surface area contributed by atoms with Crippen LogP contribution in [0.15, 0.2) is 70.2 Å². The van der Waals surface area contributed by atoms with Gasteiger partial charge in [-0.25, -0.2) is 0 Å². The van der Waals surface area contributed by atoms with Gasteiger partial charge < -0.3 is 14.7 Å². The van der Waals surface area contributed by atoms with Crippen LogP contribution in [0.5, 0.6) is 0 Å². The van der Waals surface area contributed by atoms with Crippen LogP contribution in [0.3, 0.4) is 0 Å². The second kappa shape index (κ2) is 11.3. The zero-order chi connectivity index (χ0) is 20.8. The summed E-state index contributed by atoms with van der Waals surface area (Å²) in [6, 6.07) is 18.0. The van der Waals surface area contributed by atoms with Crippen molar-refractivity contribution >= 4 is 47.1 Å². The van der Waals surface area contributed by atoms with Crippen molar-refractivity contribution in [2.24, 2.45) is 4.99 Å². The van der Waals surface area contributed by atoms with Crippen molar-refractivity contribution in [3.8, 4) is 11.4 Å². The van der Waals surface area contributed by atoms with Gasteiger partial charge in [-0.3, -0.25) is 4.99 Å². The molecule has 8 heteroatoms. The van der Waals surface area contributed by atoms with E-state index in [1.807, 2.05) is 37.4 Å². The maximum Gasteiger partial charge on any atom is 0.228 e.